The maximum absolute atomic E-state index is 13.1. The van der Waals surface area contributed by atoms with Crippen LogP contribution < -0.4 is 5.32 Å². The fourth-order valence-electron chi connectivity index (χ4n) is 3.47. The highest BCUT2D eigenvalue weighted by Gasteiger charge is 2.32. The molecular formula is C22H19ClF3N5O3S. The minimum absolute atomic E-state index is 0.162. The number of hydrogen-bond acceptors (Lipinski definition) is 7. The van der Waals surface area contributed by atoms with Crippen LogP contribution in [0.2, 0.25) is 5.02 Å². The molecule has 2 amide bonds. The van der Waals surface area contributed by atoms with Crippen LogP contribution >= 0.6 is 22.9 Å². The Labute approximate surface area is 207 Å². The summed E-state index contributed by atoms with van der Waals surface area (Å²) in [6.07, 6.45) is -0.310. The van der Waals surface area contributed by atoms with E-state index in [-0.39, 0.29) is 16.5 Å². The van der Waals surface area contributed by atoms with Crippen LogP contribution in [0.1, 0.15) is 44.3 Å². The third-order valence-corrected chi connectivity index (χ3v) is 6.40. The Balaban J connectivity index is 1.55. The first kappa shape index (κ1) is 25.0. The van der Waals surface area contributed by atoms with Gasteiger partial charge < -0.3 is 15.0 Å². The zero-order chi connectivity index (χ0) is 25.2. The Morgan fingerprint density at radius 1 is 1.14 bits per heavy atom. The molecule has 1 aromatic carbocycles. The van der Waals surface area contributed by atoms with Gasteiger partial charge in [0.15, 0.2) is 0 Å². The van der Waals surface area contributed by atoms with Gasteiger partial charge in [-0.1, -0.05) is 11.6 Å². The van der Waals surface area contributed by atoms with Crippen molar-refractivity contribution in [2.75, 3.05) is 26.3 Å². The number of alkyl halides is 3. The van der Waals surface area contributed by atoms with Crippen molar-refractivity contribution in [2.45, 2.75) is 19.1 Å². The van der Waals surface area contributed by atoms with Gasteiger partial charge in [-0.3, -0.25) is 19.6 Å². The standard InChI is InChI=1S/C22H19ClF3N5O3S/c1-12(30-19(32)13-8-14(22(24,25)26)10-15(23)9-13)17-18(28-3-2-27-17)20-29-11-16(35-20)21(33)31-4-6-34-7-5-31/h2-3,8-12H,4-7H2,1H3,(H,30,32). The molecule has 2 aromatic heterocycles. The Hall–Kier alpha value is -3.09. The molecule has 1 atom stereocenters. The maximum atomic E-state index is 13.1. The highest BCUT2D eigenvalue weighted by Crippen LogP contribution is 2.33. The van der Waals surface area contributed by atoms with Crippen LogP contribution in [-0.4, -0.2) is 58.0 Å². The second-order valence-corrected chi connectivity index (χ2v) is 9.11. The van der Waals surface area contributed by atoms with Crippen LogP contribution in [-0.2, 0) is 10.9 Å². The largest absolute Gasteiger partial charge is 0.416 e. The molecule has 1 aliphatic heterocycles. The van der Waals surface area contributed by atoms with Crippen LogP contribution in [0.25, 0.3) is 10.7 Å². The van der Waals surface area contributed by atoms with E-state index in [4.69, 9.17) is 16.3 Å². The van der Waals surface area contributed by atoms with Crippen molar-refractivity contribution in [2.24, 2.45) is 0 Å². The van der Waals surface area contributed by atoms with Crippen LogP contribution in [0.3, 0.4) is 0 Å². The van der Waals surface area contributed by atoms with Gasteiger partial charge in [0.25, 0.3) is 11.8 Å². The normalized spacial score (nSPS) is 15.1. The van der Waals surface area contributed by atoms with E-state index in [1.807, 2.05) is 0 Å². The van der Waals surface area contributed by atoms with E-state index >= 15 is 0 Å². The first-order chi connectivity index (χ1) is 16.6. The summed E-state index contributed by atoms with van der Waals surface area (Å²) in [4.78, 5) is 40.5. The molecule has 1 fully saturated rings. The predicted octanol–water partition coefficient (Wildman–Crippen LogP) is 4.24. The van der Waals surface area contributed by atoms with Gasteiger partial charge in [-0.2, -0.15) is 13.2 Å². The first-order valence-corrected chi connectivity index (χ1v) is 11.7. The van der Waals surface area contributed by atoms with Gasteiger partial charge in [-0.15, -0.1) is 11.3 Å². The molecule has 3 heterocycles. The van der Waals surface area contributed by atoms with Crippen LogP contribution in [0, 0.1) is 0 Å². The molecule has 1 unspecified atom stereocenters. The van der Waals surface area contributed by atoms with E-state index < -0.39 is 23.7 Å². The minimum Gasteiger partial charge on any atom is -0.378 e. The molecule has 4 rings (SSSR count). The second kappa shape index (κ2) is 10.3. The van der Waals surface area contributed by atoms with Crippen molar-refractivity contribution in [3.8, 4) is 10.7 Å². The van der Waals surface area contributed by atoms with Gasteiger partial charge >= 0.3 is 6.18 Å². The van der Waals surface area contributed by atoms with Gasteiger partial charge in [-0.25, -0.2) is 4.98 Å². The van der Waals surface area contributed by atoms with E-state index in [2.05, 4.69) is 20.3 Å². The number of halogens is 4. The zero-order valence-corrected chi connectivity index (χ0v) is 19.9. The van der Waals surface area contributed by atoms with Gasteiger partial charge in [0, 0.05) is 36.1 Å². The number of hydrogen-bond donors (Lipinski definition) is 1. The zero-order valence-electron chi connectivity index (χ0n) is 18.3. The smallest absolute Gasteiger partial charge is 0.378 e. The fourth-order valence-corrected chi connectivity index (χ4v) is 4.59. The summed E-state index contributed by atoms with van der Waals surface area (Å²) < 4.78 is 44.6. The van der Waals surface area contributed by atoms with Crippen molar-refractivity contribution in [1.29, 1.82) is 0 Å². The number of benzene rings is 1. The summed E-state index contributed by atoms with van der Waals surface area (Å²) in [5.41, 5.74) is -0.565. The number of aromatic nitrogens is 3. The van der Waals surface area contributed by atoms with Crippen LogP contribution in [0.4, 0.5) is 13.2 Å². The summed E-state index contributed by atoms with van der Waals surface area (Å²) in [5, 5.41) is 2.84. The van der Waals surface area contributed by atoms with Crippen molar-refractivity contribution in [3.05, 3.63) is 63.5 Å². The number of thiazole rings is 1. The molecule has 1 saturated heterocycles. The molecule has 184 valence electrons. The quantitative estimate of drug-likeness (QED) is 0.535. The molecule has 8 nitrogen and oxygen atoms in total. The molecule has 0 spiro atoms. The van der Waals surface area contributed by atoms with Gasteiger partial charge in [0.05, 0.1) is 36.7 Å². The minimum atomic E-state index is -4.65. The van der Waals surface area contributed by atoms with Crippen molar-refractivity contribution >= 4 is 34.8 Å². The van der Waals surface area contributed by atoms with Crippen molar-refractivity contribution in [1.82, 2.24) is 25.2 Å². The second-order valence-electron chi connectivity index (χ2n) is 7.65. The fraction of sp³-hybridized carbons (Fsp3) is 0.318. The lowest BCUT2D eigenvalue weighted by molar-refractivity contribution is -0.137. The number of ether oxygens (including phenoxy) is 1. The highest BCUT2D eigenvalue weighted by molar-refractivity contribution is 7.16. The van der Waals surface area contributed by atoms with Crippen molar-refractivity contribution in [3.63, 3.8) is 0 Å². The van der Waals surface area contributed by atoms with Crippen molar-refractivity contribution < 1.29 is 27.5 Å². The van der Waals surface area contributed by atoms with E-state index in [1.165, 1.54) is 18.6 Å². The third-order valence-electron chi connectivity index (χ3n) is 5.19. The van der Waals surface area contributed by atoms with Gasteiger partial charge in [0.2, 0.25) is 0 Å². The van der Waals surface area contributed by atoms with Crippen LogP contribution in [0.15, 0.2) is 36.8 Å². The number of nitrogens with zero attached hydrogens (tertiary/aromatic N) is 4. The number of rotatable bonds is 5. The summed E-state index contributed by atoms with van der Waals surface area (Å²) in [5.74, 6) is -0.922. The predicted molar refractivity (Wildman–Crippen MR) is 122 cm³/mol. The Morgan fingerprint density at radius 2 is 1.86 bits per heavy atom. The lowest BCUT2D eigenvalue weighted by Crippen LogP contribution is -2.40. The molecule has 1 aliphatic rings. The molecule has 1 N–H and O–H groups in total. The Bertz CT molecular complexity index is 1250. The van der Waals surface area contributed by atoms with E-state index in [0.29, 0.717) is 47.6 Å². The van der Waals surface area contributed by atoms with Gasteiger partial charge in [-0.05, 0) is 25.1 Å². The molecular weight excluding hydrogens is 507 g/mol. The molecule has 3 aromatic rings. The monoisotopic (exact) mass is 525 g/mol. The molecule has 0 aliphatic carbocycles. The molecule has 13 heteroatoms. The van der Waals surface area contributed by atoms with E-state index in [0.717, 1.165) is 29.5 Å². The average molecular weight is 526 g/mol. The number of morpholine rings is 1. The number of amides is 2. The Morgan fingerprint density at radius 3 is 2.57 bits per heavy atom. The number of carbonyl (C=O) groups excluding carboxylic acids is 2. The summed E-state index contributed by atoms with van der Waals surface area (Å²) in [6.45, 7) is 3.55. The molecule has 0 radical (unpaired) electrons. The summed E-state index contributed by atoms with van der Waals surface area (Å²) in [6, 6.07) is 1.90. The Kier molecular flexibility index (Phi) is 7.33. The summed E-state index contributed by atoms with van der Waals surface area (Å²) >= 11 is 6.94. The van der Waals surface area contributed by atoms with Gasteiger partial charge in [0.1, 0.15) is 15.6 Å². The lowest BCUT2D eigenvalue weighted by Gasteiger charge is -2.26. The lowest BCUT2D eigenvalue weighted by atomic mass is 10.1. The highest BCUT2D eigenvalue weighted by atomic mass is 35.5. The molecule has 0 bridgehead atoms. The average Bonchev–Trinajstić information content (AvgIpc) is 3.33. The van der Waals surface area contributed by atoms with E-state index in [1.54, 1.807) is 11.8 Å². The maximum Gasteiger partial charge on any atom is 0.416 e. The first-order valence-electron chi connectivity index (χ1n) is 10.5. The topological polar surface area (TPSA) is 97.3 Å². The number of nitrogens with one attached hydrogen (secondary N) is 1. The number of carbonyl (C=O) groups is 2. The van der Waals surface area contributed by atoms with E-state index in [9.17, 15) is 22.8 Å². The van der Waals surface area contributed by atoms with Crippen LogP contribution in [0.5, 0.6) is 0 Å². The molecule has 0 saturated carbocycles. The third kappa shape index (κ3) is 5.77. The molecule has 35 heavy (non-hydrogen) atoms. The summed E-state index contributed by atoms with van der Waals surface area (Å²) in [7, 11) is 0. The SMILES string of the molecule is CC(NC(=O)c1cc(Cl)cc(C(F)(F)F)c1)c1nccnc1-c1ncc(C(=O)N2CCOCC2)s1.